The van der Waals surface area contributed by atoms with E-state index in [1.165, 1.54) is 18.2 Å². The van der Waals surface area contributed by atoms with Gasteiger partial charge in [-0.25, -0.2) is 0 Å². The van der Waals surface area contributed by atoms with Crippen molar-refractivity contribution in [1.29, 1.82) is 0 Å². The first kappa shape index (κ1) is 24.4. The fraction of sp³-hybridized carbons (Fsp3) is 0.500. The van der Waals surface area contributed by atoms with Crippen molar-refractivity contribution in [3.05, 3.63) is 35.9 Å². The number of rotatable bonds is 5. The molecule has 0 saturated carbocycles. The summed E-state index contributed by atoms with van der Waals surface area (Å²) in [5.74, 6) is 0.0290. The van der Waals surface area contributed by atoms with Crippen molar-refractivity contribution in [2.45, 2.75) is 29.8 Å². The van der Waals surface area contributed by atoms with E-state index in [0.29, 0.717) is 12.0 Å². The van der Waals surface area contributed by atoms with Gasteiger partial charge >= 0.3 is 5.51 Å². The Labute approximate surface area is 162 Å². The second kappa shape index (κ2) is 10.5. The number of halogens is 5. The minimum Gasteiger partial charge on any atom is -0.508 e. The van der Waals surface area contributed by atoms with Crippen LogP contribution in [0.4, 0.5) is 13.2 Å². The molecule has 1 saturated heterocycles. The summed E-state index contributed by atoms with van der Waals surface area (Å²) < 4.78 is 37.8. The maximum absolute atomic E-state index is 12.6. The molecule has 1 fully saturated rings. The number of phenolic OH excluding ortho intramolecular Hbond substituents is 1. The summed E-state index contributed by atoms with van der Waals surface area (Å²) in [6.07, 6.45) is 0.605. The summed E-state index contributed by atoms with van der Waals surface area (Å²) in [6, 6.07) is 3.93. The van der Waals surface area contributed by atoms with Crippen LogP contribution < -0.4 is 5.32 Å². The monoisotopic (exact) mass is 418 g/mol. The fourth-order valence-electron chi connectivity index (χ4n) is 2.76. The summed E-state index contributed by atoms with van der Waals surface area (Å²) in [7, 11) is 0. The Kier molecular flexibility index (Phi) is 10.3. The van der Waals surface area contributed by atoms with Crippen molar-refractivity contribution in [3.8, 4) is 5.75 Å². The molecule has 25 heavy (non-hydrogen) atoms. The Bertz CT molecular complexity index is 567. The van der Waals surface area contributed by atoms with E-state index in [1.807, 2.05) is 6.92 Å². The second-order valence-corrected chi connectivity index (χ2v) is 6.87. The number of nitrogens with zero attached hydrogens (tertiary/aromatic N) is 1. The highest BCUT2D eigenvalue weighted by Gasteiger charge is 2.31. The van der Waals surface area contributed by atoms with Crippen LogP contribution in [0.15, 0.2) is 35.2 Å². The topological polar surface area (TPSA) is 35.5 Å². The van der Waals surface area contributed by atoms with Crippen LogP contribution in [-0.4, -0.2) is 41.7 Å². The van der Waals surface area contributed by atoms with Gasteiger partial charge in [-0.15, -0.1) is 31.4 Å². The summed E-state index contributed by atoms with van der Waals surface area (Å²) in [5.41, 5.74) is -2.88. The third kappa shape index (κ3) is 7.66. The molecule has 144 valence electrons. The predicted molar refractivity (Wildman–Crippen MR) is 101 cm³/mol. The van der Waals surface area contributed by atoms with Crippen LogP contribution in [0.1, 0.15) is 24.9 Å². The van der Waals surface area contributed by atoms with Gasteiger partial charge in [0.15, 0.2) is 0 Å². The molecule has 0 aliphatic carbocycles. The van der Waals surface area contributed by atoms with Gasteiger partial charge in [0.05, 0.1) is 0 Å². The molecule has 0 radical (unpaired) electrons. The van der Waals surface area contributed by atoms with Gasteiger partial charge in [-0.3, -0.25) is 4.90 Å². The van der Waals surface area contributed by atoms with Gasteiger partial charge in [-0.1, -0.05) is 5.57 Å². The average Bonchev–Trinajstić information content (AvgIpc) is 2.46. The Balaban J connectivity index is 0.00000288. The molecule has 0 unspecified atom stereocenters. The lowest BCUT2D eigenvalue weighted by Crippen LogP contribution is -2.45. The predicted octanol–water partition coefficient (Wildman–Crippen LogP) is 4.76. The van der Waals surface area contributed by atoms with E-state index in [9.17, 15) is 18.3 Å². The molecule has 2 rings (SSSR count). The zero-order valence-electron chi connectivity index (χ0n) is 13.8. The Morgan fingerprint density at radius 2 is 1.92 bits per heavy atom. The zero-order valence-corrected chi connectivity index (χ0v) is 16.3. The largest absolute Gasteiger partial charge is 0.508 e. The molecule has 0 bridgehead atoms. The lowest BCUT2D eigenvalue weighted by atomic mass is 9.97. The summed E-state index contributed by atoms with van der Waals surface area (Å²) >= 11 is -0.158. The molecule has 0 spiro atoms. The number of phenols is 1. The second-order valence-electron chi connectivity index (χ2n) is 5.73. The smallest absolute Gasteiger partial charge is 0.446 e. The van der Waals surface area contributed by atoms with Gasteiger partial charge in [-0.2, -0.15) is 13.2 Å². The first-order valence-electron chi connectivity index (χ1n) is 7.44. The van der Waals surface area contributed by atoms with E-state index in [4.69, 9.17) is 0 Å². The van der Waals surface area contributed by atoms with Crippen LogP contribution in [0.25, 0.3) is 0 Å². The summed E-state index contributed by atoms with van der Waals surface area (Å²) in [5, 5.41) is 13.4. The lowest BCUT2D eigenvalue weighted by molar-refractivity contribution is -0.0328. The zero-order chi connectivity index (χ0) is 17.0. The van der Waals surface area contributed by atoms with Crippen molar-refractivity contribution in [3.63, 3.8) is 0 Å². The normalized spacial score (nSPS) is 16.5. The molecule has 0 aromatic heterocycles. The SMILES string of the molecule is C=C(C)C[C@H](c1cc(SC(F)(F)F)ccc1O)N1CCNCC1.Cl.Cl. The first-order valence-corrected chi connectivity index (χ1v) is 8.26. The molecule has 2 N–H and O–H groups in total. The highest BCUT2D eigenvalue weighted by molar-refractivity contribution is 8.00. The number of benzene rings is 1. The maximum Gasteiger partial charge on any atom is 0.446 e. The number of nitrogens with one attached hydrogen (secondary N) is 1. The Hall–Kier alpha value is -0.600. The van der Waals surface area contributed by atoms with E-state index >= 15 is 0 Å². The quantitative estimate of drug-likeness (QED) is 0.533. The fourth-order valence-corrected chi connectivity index (χ4v) is 3.35. The number of hydrogen-bond donors (Lipinski definition) is 2. The summed E-state index contributed by atoms with van der Waals surface area (Å²) in [6.45, 7) is 9.03. The van der Waals surface area contributed by atoms with E-state index in [0.717, 1.165) is 31.8 Å². The van der Waals surface area contributed by atoms with Gasteiger partial charge in [0.1, 0.15) is 5.75 Å². The van der Waals surface area contributed by atoms with Crippen LogP contribution >= 0.6 is 36.6 Å². The molecule has 1 aromatic carbocycles. The van der Waals surface area contributed by atoms with Crippen molar-refractivity contribution < 1.29 is 18.3 Å². The van der Waals surface area contributed by atoms with E-state index in [1.54, 1.807) is 0 Å². The van der Waals surface area contributed by atoms with Crippen LogP contribution in [-0.2, 0) is 0 Å². The first-order chi connectivity index (χ1) is 10.8. The highest BCUT2D eigenvalue weighted by Crippen LogP contribution is 2.41. The van der Waals surface area contributed by atoms with Crippen LogP contribution in [0.5, 0.6) is 5.75 Å². The Morgan fingerprint density at radius 1 is 1.32 bits per heavy atom. The minimum absolute atomic E-state index is 0. The molecule has 0 amide bonds. The molecule has 1 aliphatic heterocycles. The molecule has 1 aromatic rings. The van der Waals surface area contributed by atoms with E-state index in [-0.39, 0.29) is 53.3 Å². The summed E-state index contributed by atoms with van der Waals surface area (Å²) in [4.78, 5) is 2.27. The van der Waals surface area contributed by atoms with E-state index < -0.39 is 5.51 Å². The Morgan fingerprint density at radius 3 is 2.44 bits per heavy atom. The number of hydrogen-bond acceptors (Lipinski definition) is 4. The van der Waals surface area contributed by atoms with Gasteiger partial charge < -0.3 is 10.4 Å². The highest BCUT2D eigenvalue weighted by atomic mass is 35.5. The van der Waals surface area contributed by atoms with Crippen molar-refractivity contribution in [2.75, 3.05) is 26.2 Å². The standard InChI is InChI=1S/C16H21F3N2OS.2ClH/c1-11(2)9-14(21-7-5-20-6-8-21)13-10-12(3-4-15(13)22)23-16(17,18)19;;/h3-4,10,14,20,22H,1,5-9H2,2H3;2*1H/t14-;;/m1../s1. The van der Waals surface area contributed by atoms with Gasteiger partial charge in [0, 0.05) is 42.7 Å². The third-order valence-corrected chi connectivity index (χ3v) is 4.45. The molecular weight excluding hydrogens is 396 g/mol. The molecular formula is C16H23Cl2F3N2OS. The molecule has 1 heterocycles. The van der Waals surface area contributed by atoms with Gasteiger partial charge in [0.25, 0.3) is 0 Å². The van der Waals surface area contributed by atoms with Gasteiger partial charge in [0.2, 0.25) is 0 Å². The van der Waals surface area contributed by atoms with Crippen molar-refractivity contribution in [1.82, 2.24) is 10.2 Å². The maximum atomic E-state index is 12.6. The van der Waals surface area contributed by atoms with Crippen LogP contribution in [0, 0.1) is 0 Å². The minimum atomic E-state index is -4.34. The van der Waals surface area contributed by atoms with E-state index in [2.05, 4.69) is 16.8 Å². The van der Waals surface area contributed by atoms with Crippen LogP contribution in [0.2, 0.25) is 0 Å². The number of thioether (sulfide) groups is 1. The molecule has 3 nitrogen and oxygen atoms in total. The molecule has 1 aliphatic rings. The molecule has 9 heteroatoms. The van der Waals surface area contributed by atoms with Crippen molar-refractivity contribution >= 4 is 36.6 Å². The lowest BCUT2D eigenvalue weighted by Gasteiger charge is -2.36. The van der Waals surface area contributed by atoms with Crippen LogP contribution in [0.3, 0.4) is 0 Å². The average molecular weight is 419 g/mol. The van der Waals surface area contributed by atoms with Crippen molar-refractivity contribution in [2.24, 2.45) is 0 Å². The third-order valence-electron chi connectivity index (χ3n) is 3.73. The number of aromatic hydroxyl groups is 1. The number of piperazine rings is 1. The number of alkyl halides is 3. The van der Waals surface area contributed by atoms with Gasteiger partial charge in [-0.05, 0) is 43.3 Å². The molecule has 1 atom stereocenters.